The molecular formula is C24H17F2N3O6S. The van der Waals surface area contributed by atoms with Gasteiger partial charge in [-0.15, -0.1) is 11.3 Å². The van der Waals surface area contributed by atoms with Crippen molar-refractivity contribution < 1.29 is 32.7 Å². The van der Waals surface area contributed by atoms with E-state index in [9.17, 15) is 23.7 Å². The van der Waals surface area contributed by atoms with Crippen molar-refractivity contribution in [3.8, 4) is 17.2 Å². The first-order chi connectivity index (χ1) is 17.2. The fourth-order valence-electron chi connectivity index (χ4n) is 3.22. The Labute approximate surface area is 206 Å². The van der Waals surface area contributed by atoms with Crippen LogP contribution < -0.4 is 14.2 Å². The maximum atomic E-state index is 13.0. The molecule has 0 unspecified atom stereocenters. The van der Waals surface area contributed by atoms with Gasteiger partial charge in [0.25, 0.3) is 5.69 Å². The van der Waals surface area contributed by atoms with Gasteiger partial charge in [0.1, 0.15) is 5.75 Å². The van der Waals surface area contributed by atoms with Crippen molar-refractivity contribution in [3.05, 3.63) is 93.4 Å². The number of nitrogens with zero attached hydrogens (tertiary/aromatic N) is 3. The predicted octanol–water partition coefficient (Wildman–Crippen LogP) is 6.21. The molecule has 0 N–H and O–H groups in total. The van der Waals surface area contributed by atoms with Gasteiger partial charge in [0.2, 0.25) is 0 Å². The number of fused-ring (bicyclic) bond motifs is 1. The first-order valence-electron chi connectivity index (χ1n) is 10.2. The number of imidazole rings is 1. The van der Waals surface area contributed by atoms with Crippen molar-refractivity contribution in [1.82, 2.24) is 9.38 Å². The maximum Gasteiger partial charge on any atom is 0.387 e. The zero-order chi connectivity index (χ0) is 25.8. The molecule has 184 valence electrons. The fourth-order valence-corrected chi connectivity index (χ4v) is 3.94. The number of ether oxygens (including phenoxy) is 3. The second-order valence-corrected chi connectivity index (χ2v) is 8.11. The predicted molar refractivity (Wildman–Crippen MR) is 129 cm³/mol. The first kappa shape index (κ1) is 24.5. The molecule has 0 amide bonds. The Bertz CT molecular complexity index is 1480. The molecule has 2 aromatic heterocycles. The number of hydrogen-bond donors (Lipinski definition) is 0. The molecule has 0 aliphatic heterocycles. The lowest BCUT2D eigenvalue weighted by atomic mass is 10.1. The monoisotopic (exact) mass is 513 g/mol. The number of nitro groups is 1. The van der Waals surface area contributed by atoms with Crippen LogP contribution in [0.2, 0.25) is 0 Å². The molecule has 12 heteroatoms. The molecule has 0 saturated heterocycles. The van der Waals surface area contributed by atoms with E-state index in [1.807, 2.05) is 0 Å². The van der Waals surface area contributed by atoms with E-state index in [2.05, 4.69) is 16.3 Å². The van der Waals surface area contributed by atoms with Crippen molar-refractivity contribution in [2.45, 2.75) is 13.5 Å². The minimum Gasteiger partial charge on any atom is -0.458 e. The largest absolute Gasteiger partial charge is 0.458 e. The second kappa shape index (κ2) is 10.4. The van der Waals surface area contributed by atoms with E-state index in [-0.39, 0.29) is 40.1 Å². The number of nitro benzene ring substituents is 1. The van der Waals surface area contributed by atoms with Crippen LogP contribution in [-0.4, -0.2) is 26.9 Å². The number of allylic oxidation sites excluding steroid dienone is 1. The third-order valence-electron chi connectivity index (χ3n) is 4.66. The highest BCUT2D eigenvalue weighted by Crippen LogP contribution is 2.35. The third kappa shape index (κ3) is 5.39. The molecule has 36 heavy (non-hydrogen) atoms. The van der Waals surface area contributed by atoms with Crippen molar-refractivity contribution in [3.63, 3.8) is 0 Å². The summed E-state index contributed by atoms with van der Waals surface area (Å²) in [6.07, 6.45) is 4.69. The van der Waals surface area contributed by atoms with Gasteiger partial charge < -0.3 is 14.2 Å². The highest BCUT2D eigenvalue weighted by atomic mass is 32.1. The van der Waals surface area contributed by atoms with Gasteiger partial charge >= 0.3 is 12.6 Å². The lowest BCUT2D eigenvalue weighted by Crippen LogP contribution is -2.12. The van der Waals surface area contributed by atoms with Crippen LogP contribution in [0.5, 0.6) is 17.2 Å². The number of benzene rings is 2. The van der Waals surface area contributed by atoms with E-state index >= 15 is 0 Å². The molecule has 4 aromatic rings. The highest BCUT2D eigenvalue weighted by Gasteiger charge is 2.22. The number of para-hydroxylation sites is 1. The summed E-state index contributed by atoms with van der Waals surface area (Å²) in [5.74, 6) is -0.538. The fraction of sp³-hybridized carbons (Fsp3) is 0.0833. The summed E-state index contributed by atoms with van der Waals surface area (Å²) in [5, 5.41) is 12.6. The quantitative estimate of drug-likeness (QED) is 0.0862. The molecule has 2 aromatic carbocycles. The summed E-state index contributed by atoms with van der Waals surface area (Å²) in [6, 6.07) is 9.52. The van der Waals surface area contributed by atoms with E-state index in [1.165, 1.54) is 59.9 Å². The summed E-state index contributed by atoms with van der Waals surface area (Å²) >= 11 is 1.29. The molecular weight excluding hydrogens is 496 g/mol. The molecule has 9 nitrogen and oxygen atoms in total. The number of halogens is 2. The Morgan fingerprint density at radius 2 is 1.94 bits per heavy atom. The summed E-state index contributed by atoms with van der Waals surface area (Å²) < 4.78 is 42.8. The molecule has 0 saturated carbocycles. The molecule has 2 heterocycles. The van der Waals surface area contributed by atoms with E-state index in [4.69, 9.17) is 9.47 Å². The van der Waals surface area contributed by atoms with Gasteiger partial charge in [-0.05, 0) is 37.3 Å². The number of aromatic nitrogens is 2. The zero-order valence-electron chi connectivity index (χ0n) is 18.6. The van der Waals surface area contributed by atoms with Crippen LogP contribution in [0.3, 0.4) is 0 Å². The summed E-state index contributed by atoms with van der Waals surface area (Å²) in [7, 11) is 0. The van der Waals surface area contributed by atoms with Crippen LogP contribution >= 0.6 is 11.3 Å². The van der Waals surface area contributed by atoms with Gasteiger partial charge in [-0.2, -0.15) is 8.78 Å². The number of carbonyl (C=O) groups is 1. The molecule has 0 atom stereocenters. The van der Waals surface area contributed by atoms with Gasteiger partial charge in [-0.1, -0.05) is 18.7 Å². The Morgan fingerprint density at radius 1 is 1.19 bits per heavy atom. The smallest absolute Gasteiger partial charge is 0.387 e. The average Bonchev–Trinajstić information content (AvgIpc) is 3.40. The summed E-state index contributed by atoms with van der Waals surface area (Å²) in [4.78, 5) is 28.3. The van der Waals surface area contributed by atoms with Gasteiger partial charge in [0, 0.05) is 29.3 Å². The third-order valence-corrected chi connectivity index (χ3v) is 5.42. The van der Waals surface area contributed by atoms with Crippen LogP contribution in [0.15, 0.2) is 66.4 Å². The van der Waals surface area contributed by atoms with Crippen LogP contribution in [0.1, 0.15) is 28.7 Å². The Kier molecular flexibility index (Phi) is 7.06. The second-order valence-electron chi connectivity index (χ2n) is 7.23. The molecule has 0 radical (unpaired) electrons. The number of thiazole rings is 1. The first-order valence-corrected chi connectivity index (χ1v) is 11.1. The molecule has 0 aliphatic carbocycles. The molecule has 4 rings (SSSR count). The minimum absolute atomic E-state index is 0.0255. The standard InChI is InChI=1S/C24H17F2N3O6S/c1-14(2)33-21-15(4-3-5-19(21)35-23(25)26)6-11-18-20(28-12-13-36-24(28)27-18)22(30)34-17-9-7-16(8-10-17)29(31)32/h3-13,23H,1H2,2H3/b11-6+. The van der Waals surface area contributed by atoms with Crippen LogP contribution in [-0.2, 0) is 0 Å². The molecule has 0 spiro atoms. The number of alkyl halides is 2. The SMILES string of the molecule is C=C(C)Oc1c(/C=C/c2nc3sccn3c2C(=O)Oc2ccc([N+](=O)[O-])cc2)cccc1OC(F)F. The Hall–Kier alpha value is -4.58. The Morgan fingerprint density at radius 3 is 2.61 bits per heavy atom. The van der Waals surface area contributed by atoms with E-state index in [0.717, 1.165) is 0 Å². The van der Waals surface area contributed by atoms with Crippen molar-refractivity contribution in [2.75, 3.05) is 0 Å². The van der Waals surface area contributed by atoms with Crippen LogP contribution in [0.25, 0.3) is 17.1 Å². The highest BCUT2D eigenvalue weighted by molar-refractivity contribution is 7.15. The average molecular weight is 513 g/mol. The Balaban J connectivity index is 1.69. The number of carbonyl (C=O) groups excluding carboxylic acids is 1. The van der Waals surface area contributed by atoms with E-state index in [0.29, 0.717) is 10.5 Å². The normalized spacial score (nSPS) is 11.2. The van der Waals surface area contributed by atoms with Crippen LogP contribution in [0.4, 0.5) is 14.5 Å². The van der Waals surface area contributed by atoms with Crippen molar-refractivity contribution in [1.29, 1.82) is 0 Å². The van der Waals surface area contributed by atoms with E-state index in [1.54, 1.807) is 29.0 Å². The summed E-state index contributed by atoms with van der Waals surface area (Å²) in [6.45, 7) is 2.14. The lowest BCUT2D eigenvalue weighted by molar-refractivity contribution is -0.384. The molecule has 0 fully saturated rings. The molecule has 0 aliphatic rings. The summed E-state index contributed by atoms with van der Waals surface area (Å²) in [5.41, 5.74) is 0.578. The number of hydrogen-bond acceptors (Lipinski definition) is 8. The van der Waals surface area contributed by atoms with Crippen molar-refractivity contribution in [2.24, 2.45) is 0 Å². The topological polar surface area (TPSA) is 105 Å². The van der Waals surface area contributed by atoms with Gasteiger partial charge in [0.05, 0.1) is 16.4 Å². The van der Waals surface area contributed by atoms with E-state index < -0.39 is 17.5 Å². The van der Waals surface area contributed by atoms with Crippen molar-refractivity contribution >= 4 is 40.1 Å². The number of non-ortho nitro benzene ring substituents is 1. The minimum atomic E-state index is -3.06. The van der Waals surface area contributed by atoms with Gasteiger partial charge in [-0.25, -0.2) is 9.78 Å². The number of esters is 1. The molecule has 0 bridgehead atoms. The zero-order valence-corrected chi connectivity index (χ0v) is 19.4. The lowest BCUT2D eigenvalue weighted by Gasteiger charge is -2.14. The number of rotatable bonds is 9. The van der Waals surface area contributed by atoms with Gasteiger partial charge in [0.15, 0.2) is 22.2 Å². The van der Waals surface area contributed by atoms with Crippen LogP contribution in [0, 0.1) is 10.1 Å². The van der Waals surface area contributed by atoms with Gasteiger partial charge in [-0.3, -0.25) is 14.5 Å². The maximum absolute atomic E-state index is 13.0.